The Balaban J connectivity index is 3.65. The normalized spacial score (nSPS) is 14.2. The molecule has 0 aromatic heterocycles. The highest BCUT2D eigenvalue weighted by Crippen LogP contribution is 2.48. The van der Waals surface area contributed by atoms with Gasteiger partial charge in [0.05, 0.1) is 25.7 Å². The lowest BCUT2D eigenvalue weighted by Gasteiger charge is -2.14. The van der Waals surface area contributed by atoms with Crippen LogP contribution in [0.3, 0.4) is 0 Å². The molecule has 0 heterocycles. The van der Waals surface area contributed by atoms with Gasteiger partial charge in [-0.25, -0.2) is 4.57 Å². The zero-order valence-electron chi connectivity index (χ0n) is 10.3. The molecule has 0 amide bonds. The molecule has 0 aromatic rings. The average Bonchev–Trinajstić information content (AvgIpc) is 2.34. The minimum Gasteiger partial charge on any atom is -0.330 e. The standard InChI is InChI=1S/C10H21N2O4P/c1-14-17(13,16-10-6-8-12)15-9-5-3-2-4-7-11/h2-7,9-11H2,1H3. The molecule has 0 saturated heterocycles. The maximum Gasteiger partial charge on any atom is 0.474 e. The molecule has 100 valence electrons. The van der Waals surface area contributed by atoms with E-state index < -0.39 is 7.82 Å². The highest BCUT2D eigenvalue weighted by Gasteiger charge is 2.23. The Labute approximate surface area is 103 Å². The maximum absolute atomic E-state index is 11.7. The van der Waals surface area contributed by atoms with Gasteiger partial charge in [0.2, 0.25) is 0 Å². The molecular weight excluding hydrogens is 243 g/mol. The minimum atomic E-state index is -3.46. The number of hydrogen-bond donors (Lipinski definition) is 1. The van der Waals surface area contributed by atoms with E-state index in [1.165, 1.54) is 7.11 Å². The Kier molecular flexibility index (Phi) is 10.4. The Morgan fingerprint density at radius 3 is 2.41 bits per heavy atom. The first kappa shape index (κ1) is 16.6. The molecule has 0 radical (unpaired) electrons. The molecule has 7 heteroatoms. The molecule has 0 aliphatic heterocycles. The molecule has 1 unspecified atom stereocenters. The van der Waals surface area contributed by atoms with Gasteiger partial charge in [0.15, 0.2) is 0 Å². The van der Waals surface area contributed by atoms with Crippen molar-refractivity contribution >= 4 is 7.82 Å². The first-order valence-electron chi connectivity index (χ1n) is 5.70. The van der Waals surface area contributed by atoms with Crippen LogP contribution in [0.15, 0.2) is 0 Å². The second-order valence-corrected chi connectivity index (χ2v) is 5.18. The molecule has 0 aromatic carbocycles. The van der Waals surface area contributed by atoms with Crippen molar-refractivity contribution in [2.75, 3.05) is 26.9 Å². The Bertz CT molecular complexity index is 268. The van der Waals surface area contributed by atoms with Crippen LogP contribution in [0, 0.1) is 11.3 Å². The fourth-order valence-corrected chi connectivity index (χ4v) is 2.08. The van der Waals surface area contributed by atoms with Crippen molar-refractivity contribution in [2.24, 2.45) is 5.73 Å². The van der Waals surface area contributed by atoms with Crippen LogP contribution in [0.25, 0.3) is 0 Å². The second kappa shape index (κ2) is 10.7. The van der Waals surface area contributed by atoms with Crippen molar-refractivity contribution in [3.05, 3.63) is 0 Å². The van der Waals surface area contributed by atoms with Crippen LogP contribution in [0.1, 0.15) is 32.1 Å². The number of phosphoric ester groups is 1. The smallest absolute Gasteiger partial charge is 0.330 e. The van der Waals surface area contributed by atoms with Gasteiger partial charge in [-0.15, -0.1) is 0 Å². The predicted molar refractivity (Wildman–Crippen MR) is 64.3 cm³/mol. The minimum absolute atomic E-state index is 0.0504. The monoisotopic (exact) mass is 264 g/mol. The van der Waals surface area contributed by atoms with Crippen molar-refractivity contribution < 1.29 is 18.1 Å². The highest BCUT2D eigenvalue weighted by atomic mass is 31.2. The van der Waals surface area contributed by atoms with Crippen molar-refractivity contribution in [3.63, 3.8) is 0 Å². The van der Waals surface area contributed by atoms with Gasteiger partial charge in [0.1, 0.15) is 0 Å². The lowest BCUT2D eigenvalue weighted by atomic mass is 10.2. The van der Waals surface area contributed by atoms with Crippen molar-refractivity contribution in [2.45, 2.75) is 32.1 Å². The molecule has 0 saturated carbocycles. The molecule has 1 atom stereocenters. The quantitative estimate of drug-likeness (QED) is 0.454. The molecule has 17 heavy (non-hydrogen) atoms. The van der Waals surface area contributed by atoms with E-state index in [1.54, 1.807) is 0 Å². The van der Waals surface area contributed by atoms with Crippen LogP contribution < -0.4 is 5.73 Å². The zero-order valence-corrected chi connectivity index (χ0v) is 11.2. The van der Waals surface area contributed by atoms with Gasteiger partial charge in [-0.3, -0.25) is 13.6 Å². The number of unbranched alkanes of at least 4 members (excludes halogenated alkanes) is 3. The summed E-state index contributed by atoms with van der Waals surface area (Å²) in [6, 6.07) is 1.89. The van der Waals surface area contributed by atoms with Gasteiger partial charge in [-0.2, -0.15) is 5.26 Å². The number of nitriles is 1. The molecule has 6 nitrogen and oxygen atoms in total. The molecular formula is C10H21N2O4P. The fourth-order valence-electron chi connectivity index (χ4n) is 1.12. The third-order valence-corrected chi connectivity index (χ3v) is 3.48. The van der Waals surface area contributed by atoms with Gasteiger partial charge >= 0.3 is 7.82 Å². The highest BCUT2D eigenvalue weighted by molar-refractivity contribution is 7.48. The summed E-state index contributed by atoms with van der Waals surface area (Å²) in [5.41, 5.74) is 5.36. The van der Waals surface area contributed by atoms with E-state index in [0.29, 0.717) is 13.2 Å². The maximum atomic E-state index is 11.7. The molecule has 0 rings (SSSR count). The van der Waals surface area contributed by atoms with Gasteiger partial charge in [0.25, 0.3) is 0 Å². The Morgan fingerprint density at radius 2 is 1.82 bits per heavy atom. The van der Waals surface area contributed by atoms with E-state index in [1.807, 2.05) is 6.07 Å². The number of nitrogens with two attached hydrogens (primary N) is 1. The number of hydrogen-bond acceptors (Lipinski definition) is 6. The van der Waals surface area contributed by atoms with Crippen LogP contribution in [0.2, 0.25) is 0 Å². The third-order valence-electron chi connectivity index (χ3n) is 2.03. The molecule has 2 N–H and O–H groups in total. The van der Waals surface area contributed by atoms with Crippen LogP contribution in [0.4, 0.5) is 0 Å². The zero-order chi connectivity index (χ0) is 13.0. The summed E-state index contributed by atoms with van der Waals surface area (Å²) in [5.74, 6) is 0. The van der Waals surface area contributed by atoms with Crippen molar-refractivity contribution in [3.8, 4) is 6.07 Å². The van der Waals surface area contributed by atoms with Crippen LogP contribution in [-0.2, 0) is 18.1 Å². The van der Waals surface area contributed by atoms with E-state index in [2.05, 4.69) is 0 Å². The van der Waals surface area contributed by atoms with Crippen molar-refractivity contribution in [1.82, 2.24) is 0 Å². The number of nitrogens with zero attached hydrogens (tertiary/aromatic N) is 1. The van der Waals surface area contributed by atoms with E-state index in [9.17, 15) is 4.57 Å². The fraction of sp³-hybridized carbons (Fsp3) is 0.900. The summed E-state index contributed by atoms with van der Waals surface area (Å²) in [7, 11) is -2.20. The Morgan fingerprint density at radius 1 is 1.18 bits per heavy atom. The average molecular weight is 264 g/mol. The largest absolute Gasteiger partial charge is 0.474 e. The predicted octanol–water partition coefficient (Wildman–Crippen LogP) is 2.21. The molecule has 0 aliphatic carbocycles. The van der Waals surface area contributed by atoms with Gasteiger partial charge in [-0.1, -0.05) is 12.8 Å². The topological polar surface area (TPSA) is 94.6 Å². The number of rotatable bonds is 11. The molecule has 0 bridgehead atoms. The van der Waals surface area contributed by atoms with E-state index >= 15 is 0 Å². The van der Waals surface area contributed by atoms with Gasteiger partial charge in [-0.05, 0) is 19.4 Å². The van der Waals surface area contributed by atoms with Crippen LogP contribution in [0.5, 0.6) is 0 Å². The first-order chi connectivity index (χ1) is 8.18. The van der Waals surface area contributed by atoms with Gasteiger partial charge < -0.3 is 5.73 Å². The van der Waals surface area contributed by atoms with E-state index in [-0.39, 0.29) is 13.0 Å². The Hall–Kier alpha value is -0.440. The van der Waals surface area contributed by atoms with Crippen LogP contribution in [-0.4, -0.2) is 26.9 Å². The summed E-state index contributed by atoms with van der Waals surface area (Å²) >= 11 is 0. The van der Waals surface area contributed by atoms with E-state index in [4.69, 9.17) is 24.6 Å². The van der Waals surface area contributed by atoms with E-state index in [0.717, 1.165) is 25.7 Å². The molecule has 0 spiro atoms. The lowest BCUT2D eigenvalue weighted by Crippen LogP contribution is -2.01. The van der Waals surface area contributed by atoms with Gasteiger partial charge in [0, 0.05) is 7.11 Å². The second-order valence-electron chi connectivity index (χ2n) is 3.41. The number of phosphoric acid groups is 1. The third kappa shape index (κ3) is 9.28. The SMILES string of the molecule is COP(=O)(OCCC#N)OCCCCCCN. The summed E-state index contributed by atoms with van der Waals surface area (Å²) in [4.78, 5) is 0. The lowest BCUT2D eigenvalue weighted by molar-refractivity contribution is 0.131. The summed E-state index contributed by atoms with van der Waals surface area (Å²) < 4.78 is 26.4. The molecule has 0 fully saturated rings. The summed E-state index contributed by atoms with van der Waals surface area (Å²) in [5, 5.41) is 8.32. The molecule has 0 aliphatic rings. The first-order valence-corrected chi connectivity index (χ1v) is 7.16. The summed E-state index contributed by atoms with van der Waals surface area (Å²) in [6.45, 7) is 1.06. The van der Waals surface area contributed by atoms with Crippen molar-refractivity contribution in [1.29, 1.82) is 5.26 Å². The summed E-state index contributed by atoms with van der Waals surface area (Å²) in [6.07, 6.45) is 3.94. The van der Waals surface area contributed by atoms with Crippen LogP contribution >= 0.6 is 7.82 Å².